The van der Waals surface area contributed by atoms with Crippen molar-refractivity contribution >= 4 is 28.8 Å². The summed E-state index contributed by atoms with van der Waals surface area (Å²) in [6.45, 7) is 8.86. The Morgan fingerprint density at radius 2 is 1.89 bits per heavy atom. The lowest BCUT2D eigenvalue weighted by Gasteiger charge is -2.29. The highest BCUT2D eigenvalue weighted by Crippen LogP contribution is 2.33. The van der Waals surface area contributed by atoms with E-state index in [1.165, 1.54) is 23.8 Å². The fourth-order valence-corrected chi connectivity index (χ4v) is 5.96. The number of hydrogen-bond acceptors (Lipinski definition) is 5. The van der Waals surface area contributed by atoms with E-state index in [1.807, 2.05) is 18.2 Å². The first-order valence-electron chi connectivity index (χ1n) is 13.4. The standard InChI is InChI=1S/C29H33N5O3/c1-18(2)15-33-12-9-22-21(16-32-10-3-4-11-32)14-24(30-27(22)33)19-5-6-23-20(13-19)17-34(29(23)37)25-7-8-26(35)31-28(25)36/h5-6,9,12-14,18,25H,3-4,7-8,10-11,15-17H2,1-2H3,(H,31,35,36). The van der Waals surface area contributed by atoms with Crippen LogP contribution < -0.4 is 5.32 Å². The van der Waals surface area contributed by atoms with Crippen LogP contribution in [0.4, 0.5) is 0 Å². The number of pyridine rings is 1. The van der Waals surface area contributed by atoms with Crippen LogP contribution in [0.1, 0.15) is 61.0 Å². The average Bonchev–Trinajstić information content (AvgIpc) is 3.59. The number of carbonyl (C=O) groups is 3. The zero-order valence-corrected chi connectivity index (χ0v) is 21.5. The Morgan fingerprint density at radius 1 is 1.08 bits per heavy atom. The molecule has 0 spiro atoms. The summed E-state index contributed by atoms with van der Waals surface area (Å²) in [4.78, 5) is 46.4. The zero-order valence-electron chi connectivity index (χ0n) is 21.5. The van der Waals surface area contributed by atoms with Crippen molar-refractivity contribution in [2.24, 2.45) is 5.92 Å². The molecule has 6 rings (SSSR count). The summed E-state index contributed by atoms with van der Waals surface area (Å²) in [6, 6.07) is 9.66. The van der Waals surface area contributed by atoms with Gasteiger partial charge in [0.15, 0.2) is 0 Å². The Hall–Kier alpha value is -3.52. The summed E-state index contributed by atoms with van der Waals surface area (Å²) in [5.41, 5.74) is 5.68. The predicted molar refractivity (Wildman–Crippen MR) is 141 cm³/mol. The number of benzene rings is 1. The second-order valence-electron chi connectivity index (χ2n) is 11.0. The van der Waals surface area contributed by atoms with E-state index in [4.69, 9.17) is 4.98 Å². The summed E-state index contributed by atoms with van der Waals surface area (Å²) in [5.74, 6) is -0.310. The third kappa shape index (κ3) is 4.44. The molecule has 3 aliphatic heterocycles. The van der Waals surface area contributed by atoms with Crippen LogP contribution >= 0.6 is 0 Å². The highest BCUT2D eigenvalue weighted by Gasteiger charge is 2.39. The number of aromatic nitrogens is 2. The lowest BCUT2D eigenvalue weighted by Crippen LogP contribution is -2.52. The van der Waals surface area contributed by atoms with Crippen LogP contribution in [0.15, 0.2) is 36.5 Å². The van der Waals surface area contributed by atoms with Gasteiger partial charge in [0.25, 0.3) is 5.91 Å². The molecule has 3 aromatic rings. The van der Waals surface area contributed by atoms with Crippen LogP contribution in [-0.4, -0.2) is 56.2 Å². The molecule has 2 aromatic heterocycles. The monoisotopic (exact) mass is 499 g/mol. The first kappa shape index (κ1) is 23.9. The van der Waals surface area contributed by atoms with Crippen molar-refractivity contribution in [2.45, 2.75) is 65.2 Å². The second-order valence-corrected chi connectivity index (χ2v) is 11.0. The Kier molecular flexibility index (Phi) is 6.07. The quantitative estimate of drug-likeness (QED) is 0.523. The minimum absolute atomic E-state index is 0.153. The van der Waals surface area contributed by atoms with Gasteiger partial charge in [-0.05, 0) is 73.7 Å². The van der Waals surface area contributed by atoms with Crippen molar-refractivity contribution in [3.63, 3.8) is 0 Å². The van der Waals surface area contributed by atoms with E-state index in [9.17, 15) is 14.4 Å². The van der Waals surface area contributed by atoms with Crippen molar-refractivity contribution in [3.8, 4) is 11.3 Å². The largest absolute Gasteiger partial charge is 0.332 e. The van der Waals surface area contributed by atoms with Gasteiger partial charge in [-0.3, -0.25) is 24.6 Å². The molecule has 2 saturated heterocycles. The smallest absolute Gasteiger partial charge is 0.255 e. The number of piperidine rings is 1. The third-order valence-electron chi connectivity index (χ3n) is 7.79. The van der Waals surface area contributed by atoms with Gasteiger partial charge in [0.05, 0.1) is 5.69 Å². The number of likely N-dealkylation sites (tertiary alicyclic amines) is 1. The maximum absolute atomic E-state index is 13.1. The van der Waals surface area contributed by atoms with Gasteiger partial charge in [-0.2, -0.15) is 0 Å². The van der Waals surface area contributed by atoms with Gasteiger partial charge in [-0.1, -0.05) is 19.9 Å². The molecule has 1 N–H and O–H groups in total. The zero-order chi connectivity index (χ0) is 25.7. The lowest BCUT2D eigenvalue weighted by molar-refractivity contribution is -0.136. The van der Waals surface area contributed by atoms with Crippen molar-refractivity contribution < 1.29 is 14.4 Å². The van der Waals surface area contributed by atoms with E-state index in [2.05, 4.69) is 47.0 Å². The topological polar surface area (TPSA) is 87.5 Å². The fraction of sp³-hybridized carbons (Fsp3) is 0.448. The molecule has 0 bridgehead atoms. The first-order chi connectivity index (χ1) is 17.9. The van der Waals surface area contributed by atoms with Gasteiger partial charge in [-0.25, -0.2) is 4.98 Å². The van der Waals surface area contributed by atoms with Gasteiger partial charge in [0.2, 0.25) is 11.8 Å². The summed E-state index contributed by atoms with van der Waals surface area (Å²) in [7, 11) is 0. The number of amides is 3. The molecule has 1 aromatic carbocycles. The van der Waals surface area contributed by atoms with Crippen LogP contribution in [0.25, 0.3) is 22.3 Å². The summed E-state index contributed by atoms with van der Waals surface area (Å²) in [5, 5.41) is 3.58. The first-order valence-corrected chi connectivity index (χ1v) is 13.4. The van der Waals surface area contributed by atoms with Crippen molar-refractivity contribution in [3.05, 3.63) is 53.2 Å². The number of fused-ring (bicyclic) bond motifs is 2. The maximum atomic E-state index is 13.1. The molecule has 3 amide bonds. The molecule has 1 unspecified atom stereocenters. The number of rotatable bonds is 6. The third-order valence-corrected chi connectivity index (χ3v) is 7.79. The van der Waals surface area contributed by atoms with E-state index in [1.54, 1.807) is 4.90 Å². The van der Waals surface area contributed by atoms with E-state index >= 15 is 0 Å². The molecule has 3 aliphatic rings. The van der Waals surface area contributed by atoms with Crippen LogP contribution in [0.3, 0.4) is 0 Å². The van der Waals surface area contributed by atoms with E-state index in [0.29, 0.717) is 24.4 Å². The molecule has 0 radical (unpaired) electrons. The van der Waals surface area contributed by atoms with E-state index in [0.717, 1.165) is 48.6 Å². The molecule has 192 valence electrons. The van der Waals surface area contributed by atoms with Crippen LogP contribution in [0, 0.1) is 5.92 Å². The summed E-state index contributed by atoms with van der Waals surface area (Å²) < 4.78 is 2.25. The van der Waals surface area contributed by atoms with E-state index in [-0.39, 0.29) is 24.1 Å². The van der Waals surface area contributed by atoms with Gasteiger partial charge in [0, 0.05) is 48.8 Å². The molecule has 0 saturated carbocycles. The maximum Gasteiger partial charge on any atom is 0.255 e. The number of nitrogens with zero attached hydrogens (tertiary/aromatic N) is 4. The molecule has 8 nitrogen and oxygen atoms in total. The molecule has 5 heterocycles. The van der Waals surface area contributed by atoms with E-state index < -0.39 is 6.04 Å². The number of carbonyl (C=O) groups excluding carboxylic acids is 3. The number of imide groups is 1. The molecule has 8 heteroatoms. The highest BCUT2D eigenvalue weighted by atomic mass is 16.2. The Morgan fingerprint density at radius 3 is 2.65 bits per heavy atom. The minimum atomic E-state index is -0.609. The average molecular weight is 500 g/mol. The van der Waals surface area contributed by atoms with Crippen molar-refractivity contribution in [1.82, 2.24) is 24.7 Å². The molecule has 37 heavy (non-hydrogen) atoms. The van der Waals surface area contributed by atoms with Gasteiger partial charge in [0.1, 0.15) is 11.7 Å². The number of hydrogen-bond donors (Lipinski definition) is 1. The van der Waals surface area contributed by atoms with Crippen LogP contribution in [0.5, 0.6) is 0 Å². The predicted octanol–water partition coefficient (Wildman–Crippen LogP) is 3.72. The molecule has 2 fully saturated rings. The second kappa shape index (κ2) is 9.41. The molecule has 1 atom stereocenters. The van der Waals surface area contributed by atoms with Crippen molar-refractivity contribution in [1.29, 1.82) is 0 Å². The fourth-order valence-electron chi connectivity index (χ4n) is 5.96. The molecular weight excluding hydrogens is 466 g/mol. The lowest BCUT2D eigenvalue weighted by atomic mass is 10.0. The SMILES string of the molecule is CC(C)Cn1ccc2c(CN3CCCC3)cc(-c3ccc4c(c3)CN(C3CCC(=O)NC3=O)C4=O)nc21. The van der Waals surface area contributed by atoms with Crippen LogP contribution in [0.2, 0.25) is 0 Å². The molecular formula is C29H33N5O3. The van der Waals surface area contributed by atoms with Crippen molar-refractivity contribution in [2.75, 3.05) is 13.1 Å². The Bertz CT molecular complexity index is 1400. The highest BCUT2D eigenvalue weighted by molar-refractivity contribution is 6.05. The minimum Gasteiger partial charge on any atom is -0.332 e. The van der Waals surface area contributed by atoms with Gasteiger partial charge in [-0.15, -0.1) is 0 Å². The Labute approximate surface area is 216 Å². The van der Waals surface area contributed by atoms with Gasteiger partial charge < -0.3 is 9.47 Å². The van der Waals surface area contributed by atoms with Crippen LogP contribution in [-0.2, 0) is 29.2 Å². The number of nitrogens with one attached hydrogen (secondary N) is 1. The summed E-state index contributed by atoms with van der Waals surface area (Å²) in [6.07, 6.45) is 5.26. The molecule has 0 aliphatic carbocycles. The Balaban J connectivity index is 1.35. The summed E-state index contributed by atoms with van der Waals surface area (Å²) >= 11 is 0. The normalized spacial score (nSPS) is 20.4. The van der Waals surface area contributed by atoms with Gasteiger partial charge >= 0.3 is 0 Å².